The SMILES string of the molecule is CC(C)C(C=O)=CC1CCCCC1. The summed E-state index contributed by atoms with van der Waals surface area (Å²) in [5.74, 6) is 1.07. The lowest BCUT2D eigenvalue weighted by Gasteiger charge is -2.19. The topological polar surface area (TPSA) is 17.1 Å². The highest BCUT2D eigenvalue weighted by atomic mass is 16.1. The monoisotopic (exact) mass is 180 g/mol. The minimum absolute atomic E-state index is 0.388. The van der Waals surface area contributed by atoms with E-state index in [9.17, 15) is 4.79 Å². The fraction of sp³-hybridized carbons (Fsp3) is 0.750. The van der Waals surface area contributed by atoms with Crippen molar-refractivity contribution in [2.24, 2.45) is 11.8 Å². The summed E-state index contributed by atoms with van der Waals surface area (Å²) < 4.78 is 0. The number of allylic oxidation sites excluding steroid dienone is 2. The molecule has 0 amide bonds. The van der Waals surface area contributed by atoms with Gasteiger partial charge >= 0.3 is 0 Å². The van der Waals surface area contributed by atoms with Gasteiger partial charge in [0.05, 0.1) is 0 Å². The number of carbonyl (C=O) groups excluding carboxylic acids is 1. The molecule has 0 heterocycles. The number of hydrogen-bond donors (Lipinski definition) is 0. The lowest BCUT2D eigenvalue weighted by molar-refractivity contribution is -0.105. The average Bonchev–Trinajstić information content (AvgIpc) is 2.15. The first-order valence-corrected chi connectivity index (χ1v) is 5.41. The number of rotatable bonds is 3. The quantitative estimate of drug-likeness (QED) is 0.481. The summed E-state index contributed by atoms with van der Waals surface area (Å²) >= 11 is 0. The number of carbonyl (C=O) groups is 1. The van der Waals surface area contributed by atoms with Crippen molar-refractivity contribution in [3.63, 3.8) is 0 Å². The van der Waals surface area contributed by atoms with Crippen molar-refractivity contribution in [1.82, 2.24) is 0 Å². The Hall–Kier alpha value is -0.590. The molecule has 0 aromatic rings. The van der Waals surface area contributed by atoms with Crippen molar-refractivity contribution >= 4 is 6.29 Å². The van der Waals surface area contributed by atoms with E-state index in [-0.39, 0.29) is 0 Å². The third-order valence-electron chi connectivity index (χ3n) is 2.88. The van der Waals surface area contributed by atoms with Gasteiger partial charge < -0.3 is 0 Å². The molecule has 1 nitrogen and oxygen atoms in total. The van der Waals surface area contributed by atoms with E-state index in [0.717, 1.165) is 11.9 Å². The molecule has 0 aliphatic heterocycles. The highest BCUT2D eigenvalue weighted by Crippen LogP contribution is 2.26. The van der Waals surface area contributed by atoms with Crippen LogP contribution in [0.15, 0.2) is 11.6 Å². The van der Waals surface area contributed by atoms with Crippen LogP contribution in [0.25, 0.3) is 0 Å². The Bertz CT molecular complexity index is 185. The molecule has 0 saturated heterocycles. The van der Waals surface area contributed by atoms with E-state index in [1.165, 1.54) is 32.1 Å². The molecule has 1 aliphatic rings. The van der Waals surface area contributed by atoms with Crippen LogP contribution in [0, 0.1) is 11.8 Å². The summed E-state index contributed by atoms with van der Waals surface area (Å²) in [5.41, 5.74) is 0.993. The molecule has 1 rings (SSSR count). The largest absolute Gasteiger partial charge is 0.298 e. The van der Waals surface area contributed by atoms with E-state index in [2.05, 4.69) is 19.9 Å². The lowest BCUT2D eigenvalue weighted by Crippen LogP contribution is -2.06. The van der Waals surface area contributed by atoms with Gasteiger partial charge in [-0.15, -0.1) is 0 Å². The van der Waals surface area contributed by atoms with Crippen molar-refractivity contribution in [1.29, 1.82) is 0 Å². The molecule has 1 fully saturated rings. The van der Waals surface area contributed by atoms with E-state index < -0.39 is 0 Å². The Morgan fingerprint density at radius 2 is 1.85 bits per heavy atom. The van der Waals surface area contributed by atoms with Gasteiger partial charge in [-0.25, -0.2) is 0 Å². The highest BCUT2D eigenvalue weighted by molar-refractivity contribution is 5.73. The van der Waals surface area contributed by atoms with Crippen molar-refractivity contribution in [3.05, 3.63) is 11.6 Å². The Morgan fingerprint density at radius 1 is 1.23 bits per heavy atom. The van der Waals surface area contributed by atoms with E-state index in [4.69, 9.17) is 0 Å². The second-order valence-corrected chi connectivity index (χ2v) is 4.34. The summed E-state index contributed by atoms with van der Waals surface area (Å²) in [5, 5.41) is 0. The van der Waals surface area contributed by atoms with Crippen LogP contribution >= 0.6 is 0 Å². The van der Waals surface area contributed by atoms with Gasteiger partial charge in [-0.2, -0.15) is 0 Å². The maximum atomic E-state index is 10.8. The molecule has 74 valence electrons. The highest BCUT2D eigenvalue weighted by Gasteiger charge is 2.12. The molecule has 0 radical (unpaired) electrons. The zero-order valence-electron chi connectivity index (χ0n) is 8.75. The second kappa shape index (κ2) is 5.21. The maximum absolute atomic E-state index is 10.8. The standard InChI is InChI=1S/C12H20O/c1-10(2)12(9-13)8-11-6-4-3-5-7-11/h8-11H,3-7H2,1-2H3. The Labute approximate surface area is 81.2 Å². The predicted molar refractivity (Wildman–Crippen MR) is 55.6 cm³/mol. The van der Waals surface area contributed by atoms with Crippen LogP contribution in [0.3, 0.4) is 0 Å². The first kappa shape index (κ1) is 10.5. The van der Waals surface area contributed by atoms with Crippen LogP contribution < -0.4 is 0 Å². The van der Waals surface area contributed by atoms with Gasteiger partial charge in [-0.05, 0) is 30.3 Å². The first-order valence-electron chi connectivity index (χ1n) is 5.41. The molecule has 0 aromatic heterocycles. The molecule has 0 atom stereocenters. The smallest absolute Gasteiger partial charge is 0.145 e. The van der Waals surface area contributed by atoms with Gasteiger partial charge in [0, 0.05) is 0 Å². The van der Waals surface area contributed by atoms with Gasteiger partial charge in [0.1, 0.15) is 6.29 Å². The fourth-order valence-electron chi connectivity index (χ4n) is 1.94. The Kier molecular flexibility index (Phi) is 4.20. The number of aldehydes is 1. The van der Waals surface area contributed by atoms with Gasteiger partial charge in [-0.1, -0.05) is 39.2 Å². The maximum Gasteiger partial charge on any atom is 0.145 e. The minimum Gasteiger partial charge on any atom is -0.298 e. The van der Waals surface area contributed by atoms with Crippen LogP contribution in [0.4, 0.5) is 0 Å². The molecule has 0 bridgehead atoms. The van der Waals surface area contributed by atoms with Crippen LogP contribution in [0.5, 0.6) is 0 Å². The van der Waals surface area contributed by atoms with Crippen molar-refractivity contribution in [2.45, 2.75) is 46.0 Å². The molecule has 0 unspecified atom stereocenters. The molecule has 1 saturated carbocycles. The third kappa shape index (κ3) is 3.33. The molecule has 13 heavy (non-hydrogen) atoms. The van der Waals surface area contributed by atoms with Crippen LogP contribution in [0.2, 0.25) is 0 Å². The van der Waals surface area contributed by atoms with Gasteiger partial charge in [0.2, 0.25) is 0 Å². The van der Waals surface area contributed by atoms with Gasteiger partial charge in [-0.3, -0.25) is 4.79 Å². The zero-order valence-corrected chi connectivity index (χ0v) is 8.75. The summed E-state index contributed by atoms with van der Waals surface area (Å²) in [4.78, 5) is 10.8. The average molecular weight is 180 g/mol. The number of hydrogen-bond acceptors (Lipinski definition) is 1. The predicted octanol–water partition coefficient (Wildman–Crippen LogP) is 3.35. The van der Waals surface area contributed by atoms with E-state index in [1.54, 1.807) is 0 Å². The Morgan fingerprint density at radius 3 is 2.31 bits per heavy atom. The lowest BCUT2D eigenvalue weighted by atomic mass is 9.86. The molecule has 0 spiro atoms. The van der Waals surface area contributed by atoms with Gasteiger partial charge in [0.25, 0.3) is 0 Å². The van der Waals surface area contributed by atoms with E-state index >= 15 is 0 Å². The van der Waals surface area contributed by atoms with Crippen LogP contribution in [-0.2, 0) is 4.79 Å². The molecule has 1 heteroatoms. The minimum atomic E-state index is 0.388. The fourth-order valence-corrected chi connectivity index (χ4v) is 1.94. The second-order valence-electron chi connectivity index (χ2n) is 4.34. The zero-order chi connectivity index (χ0) is 9.68. The molecule has 1 aliphatic carbocycles. The van der Waals surface area contributed by atoms with Crippen molar-refractivity contribution in [2.75, 3.05) is 0 Å². The normalized spacial score (nSPS) is 20.7. The summed E-state index contributed by atoms with van der Waals surface area (Å²) in [6.45, 7) is 4.17. The summed E-state index contributed by atoms with van der Waals surface area (Å²) in [6, 6.07) is 0. The summed E-state index contributed by atoms with van der Waals surface area (Å²) in [6.07, 6.45) is 9.85. The summed E-state index contributed by atoms with van der Waals surface area (Å²) in [7, 11) is 0. The molecule has 0 N–H and O–H groups in total. The van der Waals surface area contributed by atoms with Gasteiger partial charge in [0.15, 0.2) is 0 Å². The molecular weight excluding hydrogens is 160 g/mol. The van der Waals surface area contributed by atoms with Crippen LogP contribution in [0.1, 0.15) is 46.0 Å². The molecular formula is C12H20O. The van der Waals surface area contributed by atoms with E-state index in [1.807, 2.05) is 0 Å². The molecule has 0 aromatic carbocycles. The Balaban J connectivity index is 2.54. The van der Waals surface area contributed by atoms with Crippen LogP contribution in [-0.4, -0.2) is 6.29 Å². The first-order chi connectivity index (χ1) is 6.24. The third-order valence-corrected chi connectivity index (χ3v) is 2.88. The van der Waals surface area contributed by atoms with E-state index in [0.29, 0.717) is 11.8 Å². The van der Waals surface area contributed by atoms with Crippen molar-refractivity contribution in [3.8, 4) is 0 Å². The van der Waals surface area contributed by atoms with Crippen molar-refractivity contribution < 1.29 is 4.79 Å².